The van der Waals surface area contributed by atoms with Crippen molar-refractivity contribution in [1.82, 2.24) is 9.46 Å². The second-order valence-corrected chi connectivity index (χ2v) is 3.99. The Balaban J connectivity index is 2.28. The average Bonchev–Trinajstić information content (AvgIpc) is 2.98. The SMILES string of the molecule is OB(O)n1c(C2CC2)cc2cnccc21. The van der Waals surface area contributed by atoms with Gasteiger partial charge in [-0.15, -0.1) is 0 Å². The molecule has 0 aromatic carbocycles. The molecule has 5 heteroatoms. The van der Waals surface area contributed by atoms with Gasteiger partial charge >= 0.3 is 7.25 Å². The Hall–Kier alpha value is -1.33. The van der Waals surface area contributed by atoms with Crippen LogP contribution in [-0.4, -0.2) is 26.8 Å². The third kappa shape index (κ3) is 1.35. The molecular formula is C10H11BN2O2. The second-order valence-electron chi connectivity index (χ2n) is 3.99. The van der Waals surface area contributed by atoms with Crippen LogP contribution in [0.4, 0.5) is 0 Å². The lowest BCUT2D eigenvalue weighted by Crippen LogP contribution is -2.25. The fraction of sp³-hybridized carbons (Fsp3) is 0.300. The van der Waals surface area contributed by atoms with Crippen LogP contribution >= 0.6 is 0 Å². The Bertz CT molecular complexity index is 505. The highest BCUT2D eigenvalue weighted by Crippen LogP contribution is 2.42. The molecule has 4 nitrogen and oxygen atoms in total. The predicted octanol–water partition coefficient (Wildman–Crippen LogP) is 0.731. The van der Waals surface area contributed by atoms with Gasteiger partial charge in [0.25, 0.3) is 0 Å². The van der Waals surface area contributed by atoms with Crippen LogP contribution in [-0.2, 0) is 0 Å². The third-order valence-electron chi connectivity index (χ3n) is 2.90. The summed E-state index contributed by atoms with van der Waals surface area (Å²) < 4.78 is 1.58. The molecule has 0 bridgehead atoms. The van der Waals surface area contributed by atoms with Gasteiger partial charge in [-0.3, -0.25) is 4.98 Å². The molecule has 2 aromatic heterocycles. The van der Waals surface area contributed by atoms with E-state index in [-0.39, 0.29) is 0 Å². The molecule has 0 unspecified atom stereocenters. The molecule has 0 atom stereocenters. The number of rotatable bonds is 2. The summed E-state index contributed by atoms with van der Waals surface area (Å²) in [6, 6.07) is 3.81. The lowest BCUT2D eigenvalue weighted by molar-refractivity contribution is 0.392. The van der Waals surface area contributed by atoms with E-state index in [9.17, 15) is 10.0 Å². The van der Waals surface area contributed by atoms with E-state index in [0.717, 1.165) is 29.4 Å². The van der Waals surface area contributed by atoms with Crippen LogP contribution in [0.1, 0.15) is 24.5 Å². The number of nitrogens with zero attached hydrogens (tertiary/aromatic N) is 2. The van der Waals surface area contributed by atoms with E-state index in [2.05, 4.69) is 4.98 Å². The summed E-state index contributed by atoms with van der Waals surface area (Å²) in [5.41, 5.74) is 1.84. The molecule has 0 amide bonds. The van der Waals surface area contributed by atoms with Gasteiger partial charge < -0.3 is 14.5 Å². The Labute approximate surface area is 87.3 Å². The predicted molar refractivity (Wildman–Crippen MR) is 57.3 cm³/mol. The van der Waals surface area contributed by atoms with Crippen molar-refractivity contribution >= 4 is 18.2 Å². The van der Waals surface area contributed by atoms with Crippen LogP contribution < -0.4 is 0 Å². The van der Waals surface area contributed by atoms with Crippen molar-refractivity contribution < 1.29 is 10.0 Å². The smallest absolute Gasteiger partial charge is 0.407 e. The second kappa shape index (κ2) is 3.08. The summed E-state index contributed by atoms with van der Waals surface area (Å²) in [6.07, 6.45) is 5.69. The molecule has 2 aromatic rings. The van der Waals surface area contributed by atoms with Crippen molar-refractivity contribution in [2.45, 2.75) is 18.8 Å². The molecule has 0 radical (unpaired) electrons. The molecule has 2 N–H and O–H groups in total. The monoisotopic (exact) mass is 202 g/mol. The molecule has 1 aliphatic rings. The van der Waals surface area contributed by atoms with Gasteiger partial charge in [0.15, 0.2) is 0 Å². The molecule has 1 saturated carbocycles. The van der Waals surface area contributed by atoms with Crippen LogP contribution in [0.2, 0.25) is 0 Å². The molecule has 0 saturated heterocycles. The highest BCUT2D eigenvalue weighted by molar-refractivity contribution is 6.41. The van der Waals surface area contributed by atoms with Crippen molar-refractivity contribution in [3.05, 3.63) is 30.2 Å². The minimum absolute atomic E-state index is 0.485. The first-order valence-electron chi connectivity index (χ1n) is 5.08. The zero-order chi connectivity index (χ0) is 10.4. The van der Waals surface area contributed by atoms with E-state index in [1.54, 1.807) is 22.9 Å². The summed E-state index contributed by atoms with van der Waals surface area (Å²) in [5, 5.41) is 19.7. The summed E-state index contributed by atoms with van der Waals surface area (Å²) in [6.45, 7) is 0. The van der Waals surface area contributed by atoms with Crippen molar-refractivity contribution in [3.8, 4) is 0 Å². The summed E-state index contributed by atoms with van der Waals surface area (Å²) in [4.78, 5) is 4.03. The minimum Gasteiger partial charge on any atom is -0.407 e. The zero-order valence-corrected chi connectivity index (χ0v) is 8.17. The van der Waals surface area contributed by atoms with Crippen LogP contribution in [0.25, 0.3) is 10.9 Å². The van der Waals surface area contributed by atoms with Gasteiger partial charge in [0.05, 0.1) is 0 Å². The number of hydrogen-bond donors (Lipinski definition) is 2. The molecule has 0 aliphatic heterocycles. The van der Waals surface area contributed by atoms with E-state index in [1.165, 1.54) is 0 Å². The van der Waals surface area contributed by atoms with Crippen molar-refractivity contribution in [2.75, 3.05) is 0 Å². The molecule has 3 rings (SSSR count). The Morgan fingerprint density at radius 2 is 2.20 bits per heavy atom. The Kier molecular flexibility index (Phi) is 1.84. The number of fused-ring (bicyclic) bond motifs is 1. The van der Waals surface area contributed by atoms with Gasteiger partial charge in [-0.05, 0) is 30.9 Å². The maximum atomic E-state index is 9.37. The maximum absolute atomic E-state index is 9.37. The van der Waals surface area contributed by atoms with Gasteiger partial charge in [0.2, 0.25) is 0 Å². The van der Waals surface area contributed by atoms with Gasteiger partial charge in [-0.25, -0.2) is 0 Å². The first-order chi connectivity index (χ1) is 7.27. The first kappa shape index (κ1) is 8.94. The van der Waals surface area contributed by atoms with E-state index in [0.29, 0.717) is 5.92 Å². The highest BCUT2D eigenvalue weighted by Gasteiger charge is 2.30. The molecular weight excluding hydrogens is 191 g/mol. The lowest BCUT2D eigenvalue weighted by Gasteiger charge is -2.07. The van der Waals surface area contributed by atoms with Crippen LogP contribution in [0.3, 0.4) is 0 Å². The van der Waals surface area contributed by atoms with Crippen LogP contribution in [0.15, 0.2) is 24.5 Å². The van der Waals surface area contributed by atoms with Crippen molar-refractivity contribution in [3.63, 3.8) is 0 Å². The summed E-state index contributed by atoms with van der Waals surface area (Å²) >= 11 is 0. The Morgan fingerprint density at radius 1 is 1.40 bits per heavy atom. The molecule has 2 heterocycles. The lowest BCUT2D eigenvalue weighted by atomic mass is 10.1. The summed E-state index contributed by atoms with van der Waals surface area (Å²) in [5.74, 6) is 0.485. The fourth-order valence-electron chi connectivity index (χ4n) is 2.05. The molecule has 76 valence electrons. The van der Waals surface area contributed by atoms with Gasteiger partial charge in [0, 0.05) is 29.0 Å². The number of hydrogen-bond acceptors (Lipinski definition) is 3. The quantitative estimate of drug-likeness (QED) is 0.705. The third-order valence-corrected chi connectivity index (χ3v) is 2.90. The molecule has 0 spiro atoms. The number of pyridine rings is 1. The van der Waals surface area contributed by atoms with E-state index >= 15 is 0 Å². The zero-order valence-electron chi connectivity index (χ0n) is 8.17. The highest BCUT2D eigenvalue weighted by atomic mass is 16.4. The fourth-order valence-corrected chi connectivity index (χ4v) is 2.05. The first-order valence-corrected chi connectivity index (χ1v) is 5.08. The maximum Gasteiger partial charge on any atom is 0.592 e. The van der Waals surface area contributed by atoms with Gasteiger partial charge in [-0.1, -0.05) is 0 Å². The van der Waals surface area contributed by atoms with Crippen LogP contribution in [0, 0.1) is 0 Å². The van der Waals surface area contributed by atoms with Crippen molar-refractivity contribution in [2.24, 2.45) is 0 Å². The normalized spacial score (nSPS) is 15.9. The van der Waals surface area contributed by atoms with Crippen molar-refractivity contribution in [1.29, 1.82) is 0 Å². The number of aromatic nitrogens is 2. The molecule has 15 heavy (non-hydrogen) atoms. The van der Waals surface area contributed by atoms with E-state index in [4.69, 9.17) is 0 Å². The average molecular weight is 202 g/mol. The molecule has 1 fully saturated rings. The van der Waals surface area contributed by atoms with Gasteiger partial charge in [-0.2, -0.15) is 0 Å². The standard InChI is InChI=1S/C10H11BN2O2/c14-11(15)13-9-3-4-12-6-8(9)5-10(13)7-1-2-7/h3-7,14-15H,1-2H2. The minimum atomic E-state index is -1.46. The van der Waals surface area contributed by atoms with E-state index < -0.39 is 7.25 Å². The van der Waals surface area contributed by atoms with E-state index in [1.807, 2.05) is 6.07 Å². The topological polar surface area (TPSA) is 58.3 Å². The Morgan fingerprint density at radius 3 is 2.87 bits per heavy atom. The summed E-state index contributed by atoms with van der Waals surface area (Å²) in [7, 11) is -1.46. The van der Waals surface area contributed by atoms with Crippen LogP contribution in [0.5, 0.6) is 0 Å². The van der Waals surface area contributed by atoms with Gasteiger partial charge in [0.1, 0.15) is 0 Å². The molecule has 1 aliphatic carbocycles. The largest absolute Gasteiger partial charge is 0.592 e.